The van der Waals surface area contributed by atoms with Crippen LogP contribution in [0, 0.1) is 58.7 Å². The highest BCUT2D eigenvalue weighted by molar-refractivity contribution is 8.08. The third-order valence-corrected chi connectivity index (χ3v) is 25.4. The van der Waals surface area contributed by atoms with E-state index in [-0.39, 0.29) is 22.0 Å². The van der Waals surface area contributed by atoms with Crippen LogP contribution >= 0.6 is 58.6 Å². The molecule has 1 nitrogen and oxygen atoms in total. The molecule has 0 spiro atoms. The highest BCUT2D eigenvalue weighted by Crippen LogP contribution is 2.59. The topological polar surface area (TPSA) is 12.4 Å². The molecular formula is C72H121F2NS5. The average Bonchev–Trinajstić information content (AvgIpc) is 4.07. The van der Waals surface area contributed by atoms with Gasteiger partial charge in [-0.3, -0.25) is 0 Å². The fraction of sp³-hybridized carbons (Fsp3) is 0.819. The number of halogens is 2. The molecule has 0 N–H and O–H groups in total. The van der Waals surface area contributed by atoms with Gasteiger partial charge in [0.05, 0.1) is 5.71 Å². The van der Waals surface area contributed by atoms with Crippen LogP contribution in [0.25, 0.3) is 4.91 Å². The van der Waals surface area contributed by atoms with Crippen molar-refractivity contribution in [3.05, 3.63) is 59.8 Å². The lowest BCUT2D eigenvalue weighted by atomic mass is 9.64. The lowest BCUT2D eigenvalue weighted by Gasteiger charge is -2.41. The Morgan fingerprint density at radius 1 is 0.688 bits per heavy atom. The van der Waals surface area contributed by atoms with E-state index in [4.69, 9.17) is 4.40 Å². The molecule has 4 aliphatic rings. The smallest absolute Gasteiger partial charge is 0.160 e. The second-order valence-electron chi connectivity index (χ2n) is 28.6. The average molecular weight is 1200 g/mol. The molecule has 0 radical (unpaired) electrons. The zero-order valence-corrected chi connectivity index (χ0v) is 58.7. The number of nitrogens with zero attached hydrogens (tertiary/aromatic N) is 1. The van der Waals surface area contributed by atoms with Crippen molar-refractivity contribution < 1.29 is 8.78 Å². The lowest BCUT2D eigenvalue weighted by Crippen LogP contribution is -2.35. The molecule has 1 aromatic rings. The van der Waals surface area contributed by atoms with Crippen molar-refractivity contribution in [1.82, 2.24) is 0 Å². The maximum atomic E-state index is 18.4. The summed E-state index contributed by atoms with van der Waals surface area (Å²) in [5.41, 5.74) is 6.08. The summed E-state index contributed by atoms with van der Waals surface area (Å²) in [5.74, 6) is 6.32. The predicted octanol–water partition coefficient (Wildman–Crippen LogP) is 25.8. The molecule has 0 saturated carbocycles. The molecule has 0 aromatic carbocycles. The number of fused-ring (bicyclic) bond motifs is 1. The Kier molecular flexibility index (Phi) is 30.6. The third-order valence-electron chi connectivity index (χ3n) is 19.6. The first kappa shape index (κ1) is 70.4. The van der Waals surface area contributed by atoms with E-state index in [1.54, 1.807) is 16.1 Å². The second kappa shape index (κ2) is 34.8. The van der Waals surface area contributed by atoms with Crippen molar-refractivity contribution in [3.8, 4) is 0 Å². The summed E-state index contributed by atoms with van der Waals surface area (Å²) < 4.78 is 42.0. The van der Waals surface area contributed by atoms with E-state index in [1.807, 2.05) is 41.1 Å². The van der Waals surface area contributed by atoms with Gasteiger partial charge >= 0.3 is 0 Å². The number of alkyl halides is 1. The SMILES string of the molecule is CCSC1=C(CC)CC(CCC(C)CCCC(C)C)(CCC(C)CCCC(C)C)c2cc(C3C(F)C(F)=C(/C4=C/CC(CCC(C)CCCC(C)C)(CCC(C)CCCC(C)C)CC5=C(SCC5)C(CC)S4)/C(=N/SC)C3C)sc21. The minimum atomic E-state index is -1.73. The van der Waals surface area contributed by atoms with Gasteiger partial charge in [-0.05, 0) is 164 Å². The molecule has 0 saturated heterocycles. The van der Waals surface area contributed by atoms with Crippen LogP contribution in [0.4, 0.5) is 8.78 Å². The molecule has 458 valence electrons. The molecule has 8 unspecified atom stereocenters. The number of allylic oxidation sites excluding steroid dienone is 5. The van der Waals surface area contributed by atoms with Gasteiger partial charge in [0.25, 0.3) is 0 Å². The van der Waals surface area contributed by atoms with Crippen LogP contribution in [0.15, 0.2) is 48.9 Å². The normalized spacial score (nSPS) is 26.8. The Morgan fingerprint density at radius 3 is 1.66 bits per heavy atom. The number of thiophene rings is 1. The Morgan fingerprint density at radius 2 is 1.20 bits per heavy atom. The summed E-state index contributed by atoms with van der Waals surface area (Å²) >= 11 is 9.19. The van der Waals surface area contributed by atoms with Crippen molar-refractivity contribution in [1.29, 1.82) is 0 Å². The number of rotatable bonds is 35. The van der Waals surface area contributed by atoms with E-state index in [1.165, 1.54) is 143 Å². The number of hydrogen-bond donors (Lipinski definition) is 0. The van der Waals surface area contributed by atoms with Crippen LogP contribution in [-0.4, -0.2) is 34.9 Å². The Labute approximate surface area is 515 Å². The zero-order chi connectivity index (χ0) is 58.7. The largest absolute Gasteiger partial charge is 0.239 e. The fourth-order valence-corrected chi connectivity index (χ4v) is 20.3. The molecule has 5 rings (SSSR count). The molecule has 3 heterocycles. The van der Waals surface area contributed by atoms with E-state index in [0.29, 0.717) is 29.2 Å². The van der Waals surface area contributed by atoms with Gasteiger partial charge in [0, 0.05) is 59.6 Å². The molecule has 80 heavy (non-hydrogen) atoms. The molecule has 8 atom stereocenters. The fourth-order valence-electron chi connectivity index (χ4n) is 14.2. The van der Waals surface area contributed by atoms with Crippen molar-refractivity contribution in [2.45, 2.75) is 300 Å². The predicted molar refractivity (Wildman–Crippen MR) is 366 cm³/mol. The maximum absolute atomic E-state index is 18.4. The molecule has 8 heteroatoms. The van der Waals surface area contributed by atoms with Crippen LogP contribution in [0.1, 0.15) is 299 Å². The third kappa shape index (κ3) is 20.3. The van der Waals surface area contributed by atoms with Crippen molar-refractivity contribution in [2.24, 2.45) is 63.1 Å². The zero-order valence-electron chi connectivity index (χ0n) is 54.6. The van der Waals surface area contributed by atoms with Gasteiger partial charge in [-0.15, -0.1) is 46.6 Å². The minimum absolute atomic E-state index is 0.00465. The van der Waals surface area contributed by atoms with Gasteiger partial charge in [0.2, 0.25) is 0 Å². The monoisotopic (exact) mass is 1200 g/mol. The van der Waals surface area contributed by atoms with E-state index >= 15 is 8.78 Å². The van der Waals surface area contributed by atoms with Crippen LogP contribution in [0.5, 0.6) is 0 Å². The standard InChI is InChI=1S/C72H121F2NS5/c1-18-57-47-72(42-35-54(14)31-23-27-50(8)9,43-36-55(15)32-24-28-51(10)11)59-45-62(80-70(59)69(57)77-20-3)63-56(16)67(75-76-17)64(66(74)65(63)73)61-37-41-71(39-33-52(12)29-21-25-48(4)5,40-34-53(13)30-22-26-49(6)7)46-58-38-44-78-68(58)60(19-2)79-61/h37,45,48-56,60,63,65H,18-36,38-44,46-47H2,1-17H3/b61-37-,75-67+. The number of thioether (sulfide) groups is 3. The van der Waals surface area contributed by atoms with Crippen LogP contribution in [-0.2, 0) is 5.41 Å². The van der Waals surface area contributed by atoms with E-state index in [2.05, 4.69) is 135 Å². The summed E-state index contributed by atoms with van der Waals surface area (Å²) in [6.07, 6.45) is 34.3. The summed E-state index contributed by atoms with van der Waals surface area (Å²) in [6, 6.07) is 2.46. The van der Waals surface area contributed by atoms with Crippen molar-refractivity contribution in [2.75, 3.05) is 17.8 Å². The molecule has 0 amide bonds. The second-order valence-corrected chi connectivity index (χ2v) is 33.9. The van der Waals surface area contributed by atoms with Gasteiger partial charge in [-0.25, -0.2) is 13.2 Å². The minimum Gasteiger partial charge on any atom is -0.239 e. The highest BCUT2D eigenvalue weighted by Gasteiger charge is 2.48. The van der Waals surface area contributed by atoms with Crippen LogP contribution in [0.3, 0.4) is 0 Å². The summed E-state index contributed by atoms with van der Waals surface area (Å²) in [4.78, 5) is 6.37. The van der Waals surface area contributed by atoms with Crippen LogP contribution in [0.2, 0.25) is 0 Å². The first-order chi connectivity index (χ1) is 38.1. The van der Waals surface area contributed by atoms with Crippen LogP contribution < -0.4 is 0 Å². The summed E-state index contributed by atoms with van der Waals surface area (Å²) in [7, 11) is 0. The molecule has 0 bridgehead atoms. The van der Waals surface area contributed by atoms with E-state index in [9.17, 15) is 0 Å². The quantitative estimate of drug-likeness (QED) is 0.0628. The first-order valence-corrected chi connectivity index (χ1v) is 38.3. The van der Waals surface area contributed by atoms with Gasteiger partial charge in [-0.1, -0.05) is 218 Å². The Balaban J connectivity index is 1.63. The molecule has 1 aromatic heterocycles. The molecular weight excluding hydrogens is 1080 g/mol. The van der Waals surface area contributed by atoms with Crippen molar-refractivity contribution >= 4 is 69.2 Å². The number of hydrogen-bond acceptors (Lipinski definition) is 6. The molecule has 2 aliphatic carbocycles. The maximum Gasteiger partial charge on any atom is 0.160 e. The van der Waals surface area contributed by atoms with Gasteiger partial charge in [-0.2, -0.15) is 0 Å². The van der Waals surface area contributed by atoms with E-state index < -0.39 is 17.9 Å². The van der Waals surface area contributed by atoms with Gasteiger partial charge in [0.1, 0.15) is 5.83 Å². The molecule has 0 fully saturated rings. The first-order valence-electron chi connectivity index (χ1n) is 33.5. The van der Waals surface area contributed by atoms with Crippen molar-refractivity contribution in [3.63, 3.8) is 0 Å². The Hall–Kier alpha value is -0.410. The molecule has 2 aliphatic heterocycles. The van der Waals surface area contributed by atoms with E-state index in [0.717, 1.165) is 102 Å². The summed E-state index contributed by atoms with van der Waals surface area (Å²) in [6.45, 7) is 38.1. The lowest BCUT2D eigenvalue weighted by molar-refractivity contribution is 0.194. The Bertz CT molecular complexity index is 2120. The summed E-state index contributed by atoms with van der Waals surface area (Å²) in [5, 5.41) is 0.230. The van der Waals surface area contributed by atoms with Gasteiger partial charge < -0.3 is 0 Å². The van der Waals surface area contributed by atoms with Gasteiger partial charge in [0.15, 0.2) is 6.17 Å². The highest BCUT2D eigenvalue weighted by atomic mass is 32.2.